The van der Waals surface area contributed by atoms with Crippen LogP contribution in [0.15, 0.2) is 36.4 Å². The van der Waals surface area contributed by atoms with E-state index in [0.717, 1.165) is 16.9 Å². The van der Waals surface area contributed by atoms with Crippen LogP contribution in [0.25, 0.3) is 0 Å². The second kappa shape index (κ2) is 7.18. The van der Waals surface area contributed by atoms with Crippen LogP contribution in [0, 0.1) is 6.92 Å². The van der Waals surface area contributed by atoms with Crippen LogP contribution in [0.4, 0.5) is 5.69 Å². The molecule has 0 fully saturated rings. The summed E-state index contributed by atoms with van der Waals surface area (Å²) >= 11 is 0. The van der Waals surface area contributed by atoms with Crippen molar-refractivity contribution in [2.24, 2.45) is 0 Å². The molecule has 0 heterocycles. The molecule has 2 aromatic carbocycles. The third-order valence-electron chi connectivity index (χ3n) is 3.80. The molecule has 0 bridgehead atoms. The predicted octanol–water partition coefficient (Wildman–Crippen LogP) is 4.39. The number of rotatable bonds is 5. The Morgan fingerprint density at radius 3 is 2.30 bits per heavy atom. The Kier molecular flexibility index (Phi) is 5.27. The van der Waals surface area contributed by atoms with Crippen LogP contribution in [-0.4, -0.2) is 20.1 Å². The molecule has 0 atom stereocenters. The summed E-state index contributed by atoms with van der Waals surface area (Å²) in [5, 5.41) is 2.92. The average Bonchev–Trinajstić information content (AvgIpc) is 2.54. The molecular formula is C19H23NO3. The summed E-state index contributed by atoms with van der Waals surface area (Å²) in [6.45, 7) is 6.06. The van der Waals surface area contributed by atoms with Crippen molar-refractivity contribution in [2.75, 3.05) is 19.5 Å². The summed E-state index contributed by atoms with van der Waals surface area (Å²) in [5.74, 6) is 1.56. The number of anilines is 1. The Labute approximate surface area is 137 Å². The summed E-state index contributed by atoms with van der Waals surface area (Å²) in [6, 6.07) is 11.2. The Morgan fingerprint density at radius 2 is 1.70 bits per heavy atom. The van der Waals surface area contributed by atoms with Gasteiger partial charge in [-0.15, -0.1) is 0 Å². The van der Waals surface area contributed by atoms with Gasteiger partial charge in [0.2, 0.25) is 0 Å². The molecule has 2 rings (SSSR count). The van der Waals surface area contributed by atoms with Gasteiger partial charge in [0.1, 0.15) is 11.5 Å². The lowest BCUT2D eigenvalue weighted by Gasteiger charge is -2.16. The van der Waals surface area contributed by atoms with Crippen LogP contribution >= 0.6 is 0 Å². The van der Waals surface area contributed by atoms with Crippen molar-refractivity contribution in [1.29, 1.82) is 0 Å². The number of hydrogen-bond donors (Lipinski definition) is 1. The van der Waals surface area contributed by atoms with E-state index < -0.39 is 0 Å². The fraction of sp³-hybridized carbons (Fsp3) is 0.316. The molecule has 0 unspecified atom stereocenters. The van der Waals surface area contributed by atoms with E-state index >= 15 is 0 Å². The average molecular weight is 313 g/mol. The molecule has 23 heavy (non-hydrogen) atoms. The van der Waals surface area contributed by atoms with Gasteiger partial charge >= 0.3 is 0 Å². The third-order valence-corrected chi connectivity index (χ3v) is 3.80. The van der Waals surface area contributed by atoms with E-state index in [1.165, 1.54) is 0 Å². The van der Waals surface area contributed by atoms with Gasteiger partial charge in [0.05, 0.1) is 19.9 Å². The topological polar surface area (TPSA) is 47.6 Å². The van der Waals surface area contributed by atoms with E-state index in [1.54, 1.807) is 14.2 Å². The molecule has 0 saturated heterocycles. The first-order valence-electron chi connectivity index (χ1n) is 7.60. The van der Waals surface area contributed by atoms with Gasteiger partial charge in [-0.1, -0.05) is 26.0 Å². The second-order valence-electron chi connectivity index (χ2n) is 5.72. The number of hydrogen-bond acceptors (Lipinski definition) is 3. The van der Waals surface area contributed by atoms with Gasteiger partial charge in [-0.2, -0.15) is 0 Å². The first-order chi connectivity index (χ1) is 11.0. The van der Waals surface area contributed by atoms with E-state index in [4.69, 9.17) is 9.47 Å². The zero-order valence-electron chi connectivity index (χ0n) is 14.3. The van der Waals surface area contributed by atoms with Crippen molar-refractivity contribution in [3.63, 3.8) is 0 Å². The van der Waals surface area contributed by atoms with E-state index in [2.05, 4.69) is 19.2 Å². The van der Waals surface area contributed by atoms with Gasteiger partial charge in [0, 0.05) is 5.56 Å². The molecule has 0 saturated carbocycles. The summed E-state index contributed by atoms with van der Waals surface area (Å²) in [4.78, 5) is 12.7. The fourth-order valence-electron chi connectivity index (χ4n) is 2.51. The van der Waals surface area contributed by atoms with Gasteiger partial charge in [0.25, 0.3) is 5.91 Å². The van der Waals surface area contributed by atoms with Crippen LogP contribution in [0.1, 0.15) is 41.3 Å². The predicted molar refractivity (Wildman–Crippen MR) is 92.8 cm³/mol. The number of benzene rings is 2. The van der Waals surface area contributed by atoms with Crippen LogP contribution < -0.4 is 14.8 Å². The smallest absolute Gasteiger partial charge is 0.256 e. The van der Waals surface area contributed by atoms with E-state index in [-0.39, 0.29) is 11.8 Å². The van der Waals surface area contributed by atoms with Gasteiger partial charge in [0.15, 0.2) is 0 Å². The number of aryl methyl sites for hydroxylation is 1. The maximum Gasteiger partial charge on any atom is 0.256 e. The number of carbonyl (C=O) groups is 1. The largest absolute Gasteiger partial charge is 0.496 e. The number of methoxy groups -OCH3 is 2. The van der Waals surface area contributed by atoms with E-state index in [9.17, 15) is 4.79 Å². The maximum atomic E-state index is 12.7. The Morgan fingerprint density at radius 1 is 1.04 bits per heavy atom. The highest BCUT2D eigenvalue weighted by Gasteiger charge is 2.17. The second-order valence-corrected chi connectivity index (χ2v) is 5.72. The monoisotopic (exact) mass is 313 g/mol. The molecule has 0 aliphatic rings. The highest BCUT2D eigenvalue weighted by molar-refractivity contribution is 6.06. The maximum absolute atomic E-state index is 12.7. The van der Waals surface area contributed by atoms with Gasteiger partial charge < -0.3 is 14.8 Å². The summed E-state index contributed by atoms with van der Waals surface area (Å²) < 4.78 is 10.7. The zero-order chi connectivity index (χ0) is 17.0. The third kappa shape index (κ3) is 3.65. The lowest BCUT2D eigenvalue weighted by Crippen LogP contribution is -2.15. The van der Waals surface area contributed by atoms with Crippen molar-refractivity contribution in [2.45, 2.75) is 26.7 Å². The van der Waals surface area contributed by atoms with Crippen LogP contribution in [0.5, 0.6) is 11.5 Å². The highest BCUT2D eigenvalue weighted by atomic mass is 16.5. The minimum atomic E-state index is -0.156. The molecule has 4 nitrogen and oxygen atoms in total. The van der Waals surface area contributed by atoms with Crippen molar-refractivity contribution in [3.8, 4) is 11.5 Å². The lowest BCUT2D eigenvalue weighted by atomic mass is 9.96. The van der Waals surface area contributed by atoms with Gasteiger partial charge in [-0.25, -0.2) is 0 Å². The Balaban J connectivity index is 2.37. The number of nitrogens with one attached hydrogen (secondary N) is 1. The molecule has 0 radical (unpaired) electrons. The molecule has 0 spiro atoms. The number of para-hydroxylation sites is 2. The summed E-state index contributed by atoms with van der Waals surface area (Å²) in [6.07, 6.45) is 0. The fourth-order valence-corrected chi connectivity index (χ4v) is 2.51. The van der Waals surface area contributed by atoms with Crippen LogP contribution in [0.3, 0.4) is 0 Å². The van der Waals surface area contributed by atoms with Gasteiger partial charge in [-0.05, 0) is 48.2 Å². The Hall–Kier alpha value is -2.49. The number of carbonyl (C=O) groups excluding carboxylic acids is 1. The zero-order valence-corrected chi connectivity index (χ0v) is 14.3. The Bertz CT molecular complexity index is 708. The van der Waals surface area contributed by atoms with Crippen LogP contribution in [-0.2, 0) is 0 Å². The van der Waals surface area contributed by atoms with Crippen molar-refractivity contribution >= 4 is 11.6 Å². The van der Waals surface area contributed by atoms with Crippen molar-refractivity contribution in [1.82, 2.24) is 0 Å². The number of ether oxygens (including phenoxy) is 2. The van der Waals surface area contributed by atoms with E-state index in [0.29, 0.717) is 17.0 Å². The first-order valence-corrected chi connectivity index (χ1v) is 7.60. The standard InChI is InChI=1S/C19H23NO3/c1-12(2)14-11-15(13(3)10-18(14)23-5)19(21)20-16-8-6-7-9-17(16)22-4/h6-12H,1-5H3,(H,20,21). The van der Waals surface area contributed by atoms with Crippen LogP contribution in [0.2, 0.25) is 0 Å². The molecule has 0 aliphatic heterocycles. The molecular weight excluding hydrogens is 290 g/mol. The summed E-state index contributed by atoms with van der Waals surface area (Å²) in [5.41, 5.74) is 3.18. The molecule has 2 aromatic rings. The SMILES string of the molecule is COc1ccccc1NC(=O)c1cc(C(C)C)c(OC)cc1C. The molecule has 122 valence electrons. The molecule has 1 amide bonds. The number of amides is 1. The van der Waals surface area contributed by atoms with Crippen molar-refractivity contribution in [3.05, 3.63) is 53.1 Å². The normalized spacial score (nSPS) is 10.5. The first kappa shape index (κ1) is 16.9. The minimum absolute atomic E-state index is 0.156. The molecule has 0 aromatic heterocycles. The van der Waals surface area contributed by atoms with Crippen molar-refractivity contribution < 1.29 is 14.3 Å². The minimum Gasteiger partial charge on any atom is -0.496 e. The molecule has 0 aliphatic carbocycles. The van der Waals surface area contributed by atoms with E-state index in [1.807, 2.05) is 43.3 Å². The van der Waals surface area contributed by atoms with Gasteiger partial charge in [-0.3, -0.25) is 4.79 Å². The molecule has 4 heteroatoms. The quantitative estimate of drug-likeness (QED) is 0.890. The highest BCUT2D eigenvalue weighted by Crippen LogP contribution is 2.30. The summed E-state index contributed by atoms with van der Waals surface area (Å²) in [7, 11) is 3.23. The lowest BCUT2D eigenvalue weighted by molar-refractivity contribution is 0.102. The molecule has 1 N–H and O–H groups in total.